The molecule has 1 saturated heterocycles. The monoisotopic (exact) mass is 603 g/mol. The van der Waals surface area contributed by atoms with Crippen LogP contribution < -0.4 is 5.32 Å². The minimum absolute atomic E-state index is 0.00745. The van der Waals surface area contributed by atoms with Crippen LogP contribution in [0.1, 0.15) is 72.7 Å². The van der Waals surface area contributed by atoms with E-state index in [0.29, 0.717) is 43.8 Å². The summed E-state index contributed by atoms with van der Waals surface area (Å²) in [7, 11) is 1.59. The Balaban J connectivity index is 1.23. The van der Waals surface area contributed by atoms with Gasteiger partial charge in [0.05, 0.1) is 17.7 Å². The van der Waals surface area contributed by atoms with Crippen LogP contribution in [-0.2, 0) is 16.1 Å². The first-order valence-electron chi connectivity index (χ1n) is 14.8. The van der Waals surface area contributed by atoms with Crippen molar-refractivity contribution in [3.63, 3.8) is 0 Å². The normalized spacial score (nSPS) is 15.5. The summed E-state index contributed by atoms with van der Waals surface area (Å²) in [6.45, 7) is 6.95. The Morgan fingerprint density at radius 1 is 0.977 bits per heavy atom. The SMILES string of the molecule is COCc1cccc(NC(=O)c2ccc(-c3ncc(C(=O)N(C4CC4)C4CCN(C(=O)OC(C)(C)C)CC4)cn3)c(F)c2)c1. The van der Waals surface area contributed by atoms with Crippen LogP contribution >= 0.6 is 0 Å². The second-order valence-electron chi connectivity index (χ2n) is 12.2. The fourth-order valence-electron chi connectivity index (χ4n) is 5.31. The highest BCUT2D eigenvalue weighted by atomic mass is 19.1. The van der Waals surface area contributed by atoms with E-state index < -0.39 is 17.3 Å². The number of benzene rings is 2. The average Bonchev–Trinajstić information content (AvgIpc) is 3.82. The number of ether oxygens (including phenoxy) is 2. The Labute approximate surface area is 256 Å². The highest BCUT2D eigenvalue weighted by Gasteiger charge is 2.40. The molecule has 0 bridgehead atoms. The molecule has 1 aliphatic heterocycles. The summed E-state index contributed by atoms with van der Waals surface area (Å²) in [6, 6.07) is 11.5. The Bertz CT molecular complexity index is 1510. The van der Waals surface area contributed by atoms with Crippen molar-refractivity contribution in [2.45, 2.75) is 70.7 Å². The van der Waals surface area contributed by atoms with Gasteiger partial charge in [0.25, 0.3) is 11.8 Å². The van der Waals surface area contributed by atoms with Crippen LogP contribution in [0.4, 0.5) is 14.9 Å². The van der Waals surface area contributed by atoms with Gasteiger partial charge in [-0.1, -0.05) is 12.1 Å². The van der Waals surface area contributed by atoms with Crippen LogP contribution in [0, 0.1) is 5.82 Å². The molecule has 1 N–H and O–H groups in total. The largest absolute Gasteiger partial charge is 0.444 e. The fourth-order valence-corrected chi connectivity index (χ4v) is 5.31. The van der Waals surface area contributed by atoms with Crippen molar-refractivity contribution in [1.29, 1.82) is 0 Å². The third-order valence-corrected chi connectivity index (χ3v) is 7.55. The van der Waals surface area contributed by atoms with Gasteiger partial charge in [0.2, 0.25) is 0 Å². The Kier molecular flexibility index (Phi) is 9.24. The molecule has 2 aliphatic rings. The molecule has 10 nitrogen and oxygen atoms in total. The quantitative estimate of drug-likeness (QED) is 0.352. The smallest absolute Gasteiger partial charge is 0.410 e. The minimum atomic E-state index is -0.652. The lowest BCUT2D eigenvalue weighted by Gasteiger charge is -2.39. The predicted octanol–water partition coefficient (Wildman–Crippen LogP) is 5.69. The summed E-state index contributed by atoms with van der Waals surface area (Å²) in [6.07, 6.45) is 5.68. The summed E-state index contributed by atoms with van der Waals surface area (Å²) in [4.78, 5) is 51.0. The van der Waals surface area contributed by atoms with Gasteiger partial charge in [-0.15, -0.1) is 0 Å². The standard InChI is InChI=1S/C33H38FN5O5/c1-33(2,3)44-32(42)38-14-12-26(13-15-38)39(25-9-10-25)31(41)23-18-35-29(36-19-23)27-11-8-22(17-28(27)34)30(40)37-24-7-5-6-21(16-24)20-43-4/h5-8,11,16-19,25-26H,9-10,12-15,20H2,1-4H3,(H,37,40). The summed E-state index contributed by atoms with van der Waals surface area (Å²) in [5.41, 5.74) is 1.50. The van der Waals surface area contributed by atoms with E-state index >= 15 is 4.39 Å². The molecule has 232 valence electrons. The predicted molar refractivity (Wildman–Crippen MR) is 163 cm³/mol. The van der Waals surface area contributed by atoms with Crippen LogP contribution in [0.2, 0.25) is 0 Å². The van der Waals surface area contributed by atoms with Gasteiger partial charge >= 0.3 is 6.09 Å². The molecule has 2 heterocycles. The summed E-state index contributed by atoms with van der Waals surface area (Å²) >= 11 is 0. The molecule has 2 fully saturated rings. The molecule has 2 aromatic carbocycles. The maximum Gasteiger partial charge on any atom is 0.410 e. The molecule has 11 heteroatoms. The van der Waals surface area contributed by atoms with Gasteiger partial charge in [0, 0.05) is 55.9 Å². The highest BCUT2D eigenvalue weighted by molar-refractivity contribution is 6.04. The molecule has 3 amide bonds. The van der Waals surface area contributed by atoms with Crippen LogP contribution in [0.3, 0.4) is 0 Å². The summed E-state index contributed by atoms with van der Waals surface area (Å²) < 4.78 is 25.8. The molecule has 1 aromatic heterocycles. The molecule has 3 aromatic rings. The Morgan fingerprint density at radius 2 is 1.66 bits per heavy atom. The van der Waals surface area contributed by atoms with Gasteiger partial charge in [-0.3, -0.25) is 9.59 Å². The number of carbonyl (C=O) groups excluding carboxylic acids is 3. The molecule has 1 aliphatic carbocycles. The summed E-state index contributed by atoms with van der Waals surface area (Å²) in [5, 5.41) is 2.77. The zero-order chi connectivity index (χ0) is 31.4. The molecule has 5 rings (SSSR count). The lowest BCUT2D eigenvalue weighted by atomic mass is 10.0. The first-order chi connectivity index (χ1) is 21.0. The van der Waals surface area contributed by atoms with E-state index in [0.717, 1.165) is 24.5 Å². The maximum atomic E-state index is 15.1. The van der Waals surface area contributed by atoms with Gasteiger partial charge in [-0.2, -0.15) is 0 Å². The van der Waals surface area contributed by atoms with Gasteiger partial charge in [-0.25, -0.2) is 19.2 Å². The number of carbonyl (C=O) groups is 3. The first-order valence-corrected chi connectivity index (χ1v) is 14.8. The highest BCUT2D eigenvalue weighted by Crippen LogP contribution is 2.33. The number of likely N-dealkylation sites (tertiary alicyclic amines) is 1. The second-order valence-corrected chi connectivity index (χ2v) is 12.2. The fraction of sp³-hybridized carbons (Fsp3) is 0.424. The topological polar surface area (TPSA) is 114 Å². The average molecular weight is 604 g/mol. The molecule has 0 radical (unpaired) electrons. The number of amides is 3. The van der Waals surface area contributed by atoms with Crippen molar-refractivity contribution in [3.05, 3.63) is 77.4 Å². The maximum absolute atomic E-state index is 15.1. The third-order valence-electron chi connectivity index (χ3n) is 7.55. The van der Waals surface area contributed by atoms with Crippen LogP contribution in [0.15, 0.2) is 54.9 Å². The van der Waals surface area contributed by atoms with E-state index in [2.05, 4.69) is 15.3 Å². The van der Waals surface area contributed by atoms with E-state index in [1.54, 1.807) is 30.2 Å². The van der Waals surface area contributed by atoms with E-state index in [1.807, 2.05) is 31.7 Å². The number of hydrogen-bond acceptors (Lipinski definition) is 7. The Morgan fingerprint density at radius 3 is 2.27 bits per heavy atom. The minimum Gasteiger partial charge on any atom is -0.444 e. The summed E-state index contributed by atoms with van der Waals surface area (Å²) in [5.74, 6) is -1.16. The van der Waals surface area contributed by atoms with Gasteiger partial charge in [0.1, 0.15) is 11.4 Å². The number of nitrogens with zero attached hydrogens (tertiary/aromatic N) is 4. The molecule has 0 unspecified atom stereocenters. The molecule has 1 saturated carbocycles. The Hall–Kier alpha value is -4.38. The van der Waals surface area contributed by atoms with Crippen LogP contribution in [0.5, 0.6) is 0 Å². The first kappa shape index (κ1) is 31.1. The van der Waals surface area contributed by atoms with E-state index in [1.165, 1.54) is 24.5 Å². The lowest BCUT2D eigenvalue weighted by molar-refractivity contribution is 0.0142. The van der Waals surface area contributed by atoms with Crippen molar-refractivity contribution >= 4 is 23.6 Å². The number of methoxy groups -OCH3 is 1. The lowest BCUT2D eigenvalue weighted by Crippen LogP contribution is -2.50. The van der Waals surface area contributed by atoms with Crippen LogP contribution in [-0.4, -0.2) is 75.6 Å². The molecule has 44 heavy (non-hydrogen) atoms. The number of rotatable bonds is 8. The van der Waals surface area contributed by atoms with E-state index in [4.69, 9.17) is 9.47 Å². The van der Waals surface area contributed by atoms with Crippen molar-refractivity contribution in [2.75, 3.05) is 25.5 Å². The zero-order valence-corrected chi connectivity index (χ0v) is 25.5. The van der Waals surface area contributed by atoms with Gasteiger partial charge < -0.3 is 24.6 Å². The van der Waals surface area contributed by atoms with Gasteiger partial charge in [-0.05, 0) is 82.3 Å². The van der Waals surface area contributed by atoms with Crippen molar-refractivity contribution in [3.8, 4) is 11.4 Å². The van der Waals surface area contributed by atoms with E-state index in [9.17, 15) is 14.4 Å². The second kappa shape index (κ2) is 13.1. The number of piperidine rings is 1. The molecule has 0 spiro atoms. The number of hydrogen-bond donors (Lipinski definition) is 1. The molecule has 0 atom stereocenters. The number of anilines is 1. The zero-order valence-electron chi connectivity index (χ0n) is 25.5. The number of halogens is 1. The van der Waals surface area contributed by atoms with Crippen LogP contribution in [0.25, 0.3) is 11.4 Å². The molecular formula is C33H38FN5O5. The van der Waals surface area contributed by atoms with Crippen molar-refractivity contribution < 1.29 is 28.2 Å². The van der Waals surface area contributed by atoms with Crippen molar-refractivity contribution in [2.24, 2.45) is 0 Å². The number of nitrogens with one attached hydrogen (secondary N) is 1. The number of aromatic nitrogens is 2. The van der Waals surface area contributed by atoms with E-state index in [-0.39, 0.29) is 41.0 Å². The third kappa shape index (κ3) is 7.57. The van der Waals surface area contributed by atoms with Crippen molar-refractivity contribution in [1.82, 2.24) is 19.8 Å². The molecular weight excluding hydrogens is 565 g/mol. The van der Waals surface area contributed by atoms with Gasteiger partial charge in [0.15, 0.2) is 5.82 Å².